The van der Waals surface area contributed by atoms with E-state index in [1.165, 1.54) is 6.92 Å². The van der Waals surface area contributed by atoms with Crippen molar-refractivity contribution in [1.29, 1.82) is 0 Å². The number of fused-ring (bicyclic) bond motifs is 1. The topological polar surface area (TPSA) is 64.6 Å². The SMILES string of the molecule is CC(=O)c1ccccc1NC(=O)c1cc2c(cc1Cl)OCCO2. The van der Waals surface area contributed by atoms with Crippen LogP contribution in [0.15, 0.2) is 36.4 Å². The summed E-state index contributed by atoms with van der Waals surface area (Å²) in [5.41, 5.74) is 1.14. The van der Waals surface area contributed by atoms with Crippen LogP contribution in [0.3, 0.4) is 0 Å². The summed E-state index contributed by atoms with van der Waals surface area (Å²) in [7, 11) is 0. The molecule has 0 radical (unpaired) electrons. The first-order valence-corrected chi connectivity index (χ1v) is 7.44. The molecule has 0 saturated carbocycles. The number of ether oxygens (including phenoxy) is 2. The van der Waals surface area contributed by atoms with Crippen LogP contribution >= 0.6 is 11.6 Å². The van der Waals surface area contributed by atoms with Crippen LogP contribution in [0.1, 0.15) is 27.6 Å². The van der Waals surface area contributed by atoms with Crippen molar-refractivity contribution in [1.82, 2.24) is 0 Å². The number of anilines is 1. The fourth-order valence-electron chi connectivity index (χ4n) is 2.33. The molecule has 1 heterocycles. The third kappa shape index (κ3) is 3.14. The monoisotopic (exact) mass is 331 g/mol. The van der Waals surface area contributed by atoms with E-state index >= 15 is 0 Å². The van der Waals surface area contributed by atoms with E-state index in [0.717, 1.165) is 0 Å². The van der Waals surface area contributed by atoms with E-state index in [9.17, 15) is 9.59 Å². The largest absolute Gasteiger partial charge is 0.486 e. The van der Waals surface area contributed by atoms with Gasteiger partial charge in [0.1, 0.15) is 13.2 Å². The summed E-state index contributed by atoms with van der Waals surface area (Å²) >= 11 is 6.16. The Morgan fingerprint density at radius 1 is 1.04 bits per heavy atom. The molecule has 23 heavy (non-hydrogen) atoms. The second-order valence-corrected chi connectivity index (χ2v) is 5.44. The number of nitrogens with one attached hydrogen (secondary N) is 1. The first kappa shape index (κ1) is 15.4. The molecule has 0 unspecified atom stereocenters. The minimum atomic E-state index is -0.416. The quantitative estimate of drug-likeness (QED) is 0.873. The number of ketones is 1. The second kappa shape index (κ2) is 6.30. The van der Waals surface area contributed by atoms with Gasteiger partial charge in [-0.15, -0.1) is 0 Å². The lowest BCUT2D eigenvalue weighted by Gasteiger charge is -2.19. The van der Waals surface area contributed by atoms with E-state index < -0.39 is 5.91 Å². The zero-order valence-corrected chi connectivity index (χ0v) is 13.1. The molecule has 0 atom stereocenters. The minimum absolute atomic E-state index is 0.130. The van der Waals surface area contributed by atoms with Gasteiger partial charge < -0.3 is 14.8 Å². The fourth-order valence-corrected chi connectivity index (χ4v) is 2.57. The predicted molar refractivity (Wildman–Crippen MR) is 86.8 cm³/mol. The molecule has 0 spiro atoms. The summed E-state index contributed by atoms with van der Waals surface area (Å²) in [6.07, 6.45) is 0. The molecule has 118 valence electrons. The zero-order chi connectivity index (χ0) is 16.4. The lowest BCUT2D eigenvalue weighted by molar-refractivity contribution is 0.101. The molecule has 1 aliphatic heterocycles. The molecule has 1 aliphatic rings. The number of carbonyl (C=O) groups excluding carboxylic acids is 2. The van der Waals surface area contributed by atoms with Gasteiger partial charge in [0, 0.05) is 11.6 Å². The number of halogens is 1. The molecule has 2 aromatic carbocycles. The molecule has 3 rings (SSSR count). The molecule has 0 aromatic heterocycles. The van der Waals surface area contributed by atoms with Crippen LogP contribution in [0.25, 0.3) is 0 Å². The Kier molecular flexibility index (Phi) is 4.21. The highest BCUT2D eigenvalue weighted by Crippen LogP contribution is 2.35. The maximum atomic E-state index is 12.5. The number of para-hydroxylation sites is 1. The number of hydrogen-bond donors (Lipinski definition) is 1. The lowest BCUT2D eigenvalue weighted by atomic mass is 10.1. The summed E-state index contributed by atoms with van der Waals surface area (Å²) < 4.78 is 10.9. The van der Waals surface area contributed by atoms with Crippen molar-refractivity contribution in [2.45, 2.75) is 6.92 Å². The van der Waals surface area contributed by atoms with Gasteiger partial charge in [-0.3, -0.25) is 9.59 Å². The van der Waals surface area contributed by atoms with Crippen molar-refractivity contribution in [3.63, 3.8) is 0 Å². The average Bonchev–Trinajstić information content (AvgIpc) is 2.54. The highest BCUT2D eigenvalue weighted by atomic mass is 35.5. The molecule has 1 amide bonds. The lowest BCUT2D eigenvalue weighted by Crippen LogP contribution is -2.18. The number of Topliss-reactive ketones (excluding diaryl/α,β-unsaturated/α-hetero) is 1. The molecule has 6 heteroatoms. The van der Waals surface area contributed by atoms with Gasteiger partial charge in [0.2, 0.25) is 0 Å². The Hall–Kier alpha value is -2.53. The summed E-state index contributed by atoms with van der Waals surface area (Å²) in [6, 6.07) is 9.91. The van der Waals surface area contributed by atoms with Crippen molar-refractivity contribution >= 4 is 29.0 Å². The fraction of sp³-hybridized carbons (Fsp3) is 0.176. The highest BCUT2D eigenvalue weighted by molar-refractivity contribution is 6.34. The van der Waals surface area contributed by atoms with Crippen LogP contribution < -0.4 is 14.8 Å². The molecular weight excluding hydrogens is 318 g/mol. The van der Waals surface area contributed by atoms with Crippen molar-refractivity contribution < 1.29 is 19.1 Å². The Morgan fingerprint density at radius 2 is 1.70 bits per heavy atom. The van der Waals surface area contributed by atoms with Gasteiger partial charge in [-0.1, -0.05) is 23.7 Å². The number of benzene rings is 2. The maximum Gasteiger partial charge on any atom is 0.257 e. The summed E-state index contributed by atoms with van der Waals surface area (Å²) in [5, 5.41) is 2.97. The first-order valence-electron chi connectivity index (χ1n) is 7.06. The standard InChI is InChI=1S/C17H14ClNO4/c1-10(20)11-4-2-3-5-14(11)19-17(21)12-8-15-16(9-13(12)18)23-7-6-22-15/h2-5,8-9H,6-7H2,1H3,(H,19,21). The Balaban J connectivity index is 1.91. The van der Waals surface area contributed by atoms with Crippen molar-refractivity contribution in [2.75, 3.05) is 18.5 Å². The van der Waals surface area contributed by atoms with Crippen molar-refractivity contribution in [3.05, 3.63) is 52.5 Å². The van der Waals surface area contributed by atoms with E-state index in [4.69, 9.17) is 21.1 Å². The van der Waals surface area contributed by atoms with Crippen LogP contribution in [0.4, 0.5) is 5.69 Å². The van der Waals surface area contributed by atoms with Crippen LogP contribution in [0, 0.1) is 0 Å². The Labute approximate surface area is 138 Å². The third-order valence-electron chi connectivity index (χ3n) is 3.43. The third-order valence-corrected chi connectivity index (χ3v) is 3.74. The number of rotatable bonds is 3. The smallest absolute Gasteiger partial charge is 0.257 e. The molecule has 5 nitrogen and oxygen atoms in total. The van der Waals surface area contributed by atoms with Gasteiger partial charge in [0.25, 0.3) is 5.91 Å². The van der Waals surface area contributed by atoms with Gasteiger partial charge in [-0.2, -0.15) is 0 Å². The summed E-state index contributed by atoms with van der Waals surface area (Å²) in [4.78, 5) is 24.1. The maximum absolute atomic E-state index is 12.5. The molecule has 0 saturated heterocycles. The van der Waals surface area contributed by atoms with E-state index in [1.807, 2.05) is 0 Å². The number of amides is 1. The van der Waals surface area contributed by atoms with Gasteiger partial charge in [-0.05, 0) is 25.1 Å². The number of hydrogen-bond acceptors (Lipinski definition) is 4. The van der Waals surface area contributed by atoms with Crippen molar-refractivity contribution in [2.24, 2.45) is 0 Å². The molecule has 0 bridgehead atoms. The molecular formula is C17H14ClNO4. The van der Waals surface area contributed by atoms with Gasteiger partial charge in [0.15, 0.2) is 17.3 Å². The van der Waals surface area contributed by atoms with E-state index in [2.05, 4.69) is 5.32 Å². The van der Waals surface area contributed by atoms with E-state index in [1.54, 1.807) is 36.4 Å². The zero-order valence-electron chi connectivity index (χ0n) is 12.4. The van der Waals surface area contributed by atoms with Crippen molar-refractivity contribution in [3.8, 4) is 11.5 Å². The molecule has 0 aliphatic carbocycles. The Morgan fingerprint density at radius 3 is 2.39 bits per heavy atom. The normalized spacial score (nSPS) is 12.6. The summed E-state index contributed by atoms with van der Waals surface area (Å²) in [5.74, 6) is 0.447. The number of carbonyl (C=O) groups is 2. The Bertz CT molecular complexity index is 788. The van der Waals surface area contributed by atoms with Gasteiger partial charge in [0.05, 0.1) is 16.3 Å². The summed E-state index contributed by atoms with van der Waals surface area (Å²) in [6.45, 7) is 2.31. The van der Waals surface area contributed by atoms with Gasteiger partial charge >= 0.3 is 0 Å². The second-order valence-electron chi connectivity index (χ2n) is 5.03. The molecule has 2 aromatic rings. The van der Waals surface area contributed by atoms with E-state index in [-0.39, 0.29) is 16.4 Å². The first-order chi connectivity index (χ1) is 11.1. The van der Waals surface area contributed by atoms with Crippen LogP contribution in [-0.2, 0) is 0 Å². The van der Waals surface area contributed by atoms with Crippen LogP contribution in [-0.4, -0.2) is 24.9 Å². The van der Waals surface area contributed by atoms with Crippen LogP contribution in [0.2, 0.25) is 5.02 Å². The average molecular weight is 332 g/mol. The van der Waals surface area contributed by atoms with E-state index in [0.29, 0.717) is 36.0 Å². The highest BCUT2D eigenvalue weighted by Gasteiger charge is 2.20. The molecule has 0 fully saturated rings. The van der Waals surface area contributed by atoms with Gasteiger partial charge in [-0.25, -0.2) is 0 Å². The molecule has 1 N–H and O–H groups in total. The predicted octanol–water partition coefficient (Wildman–Crippen LogP) is 3.57. The minimum Gasteiger partial charge on any atom is -0.486 e. The van der Waals surface area contributed by atoms with Crippen LogP contribution in [0.5, 0.6) is 11.5 Å².